The van der Waals surface area contributed by atoms with Crippen LogP contribution in [0, 0.1) is 13.8 Å². The second kappa shape index (κ2) is 6.81. The number of carbonyl (C=O) groups is 1. The number of hydrogen-bond donors (Lipinski definition) is 0. The van der Waals surface area contributed by atoms with Gasteiger partial charge in [-0.05, 0) is 39.7 Å². The summed E-state index contributed by atoms with van der Waals surface area (Å²) in [6.45, 7) is 8.32. The molecule has 0 aliphatic carbocycles. The summed E-state index contributed by atoms with van der Waals surface area (Å²) in [4.78, 5) is 14.9. The molecule has 1 aliphatic rings. The number of ether oxygens (including phenoxy) is 1. The smallest absolute Gasteiger partial charge is 0.260 e. The summed E-state index contributed by atoms with van der Waals surface area (Å²) in [5.41, 5.74) is 3.81. The number of amides is 1. The van der Waals surface area contributed by atoms with E-state index in [1.807, 2.05) is 33.2 Å². The van der Waals surface area contributed by atoms with Crippen LogP contribution in [-0.2, 0) is 11.8 Å². The number of rotatable bonds is 4. The minimum atomic E-state index is 0.0388. The van der Waals surface area contributed by atoms with Crippen molar-refractivity contribution >= 4 is 11.6 Å². The number of aromatic nitrogens is 3. The first-order chi connectivity index (χ1) is 11.5. The summed E-state index contributed by atoms with van der Waals surface area (Å²) in [6.07, 6.45) is 5.62. The summed E-state index contributed by atoms with van der Waals surface area (Å²) in [5.74, 6) is 0.0388. The standard InChI is InChI=1S/C18H26N4O2/c1-5-21(16-11-19-20(4)12-16)18(23)17-10-13(2)22(14(17)3)15-6-8-24-9-7-15/h10-12,15H,5-9H2,1-4H3. The Morgan fingerprint density at radius 3 is 2.67 bits per heavy atom. The zero-order chi connectivity index (χ0) is 17.3. The van der Waals surface area contributed by atoms with Gasteiger partial charge in [-0.2, -0.15) is 5.10 Å². The van der Waals surface area contributed by atoms with E-state index in [1.165, 1.54) is 0 Å². The second-order valence-electron chi connectivity index (χ2n) is 6.42. The van der Waals surface area contributed by atoms with Gasteiger partial charge in [0.25, 0.3) is 5.91 Å². The van der Waals surface area contributed by atoms with Crippen molar-refractivity contribution in [2.45, 2.75) is 39.7 Å². The molecule has 0 aromatic carbocycles. The Kier molecular flexibility index (Phi) is 4.76. The van der Waals surface area contributed by atoms with Crippen molar-refractivity contribution in [1.82, 2.24) is 14.3 Å². The minimum Gasteiger partial charge on any atom is -0.381 e. The van der Waals surface area contributed by atoms with Gasteiger partial charge >= 0.3 is 0 Å². The van der Waals surface area contributed by atoms with Gasteiger partial charge in [-0.15, -0.1) is 0 Å². The topological polar surface area (TPSA) is 52.3 Å². The lowest BCUT2D eigenvalue weighted by atomic mass is 10.1. The molecular weight excluding hydrogens is 304 g/mol. The lowest BCUT2D eigenvalue weighted by Gasteiger charge is -2.27. The highest BCUT2D eigenvalue weighted by Crippen LogP contribution is 2.29. The Labute approximate surface area is 143 Å². The van der Waals surface area contributed by atoms with Gasteiger partial charge in [-0.1, -0.05) is 0 Å². The molecule has 6 nitrogen and oxygen atoms in total. The van der Waals surface area contributed by atoms with E-state index in [4.69, 9.17) is 4.74 Å². The van der Waals surface area contributed by atoms with Crippen LogP contribution < -0.4 is 4.90 Å². The highest BCUT2D eigenvalue weighted by molar-refractivity contribution is 6.07. The number of hydrogen-bond acceptors (Lipinski definition) is 3. The molecule has 1 amide bonds. The first kappa shape index (κ1) is 16.8. The van der Waals surface area contributed by atoms with Crippen LogP contribution in [0.15, 0.2) is 18.5 Å². The van der Waals surface area contributed by atoms with E-state index in [1.54, 1.807) is 15.8 Å². The van der Waals surface area contributed by atoms with Crippen molar-refractivity contribution < 1.29 is 9.53 Å². The molecule has 1 fully saturated rings. The quantitative estimate of drug-likeness (QED) is 0.866. The van der Waals surface area contributed by atoms with Gasteiger partial charge in [0, 0.05) is 50.4 Å². The molecule has 0 radical (unpaired) electrons. The van der Waals surface area contributed by atoms with Crippen LogP contribution in [0.25, 0.3) is 0 Å². The fourth-order valence-corrected chi connectivity index (χ4v) is 3.64. The Morgan fingerprint density at radius 1 is 1.38 bits per heavy atom. The number of carbonyl (C=O) groups excluding carboxylic acids is 1. The summed E-state index contributed by atoms with van der Waals surface area (Å²) in [5, 5.41) is 4.18. The number of anilines is 1. The van der Waals surface area contributed by atoms with Crippen LogP contribution in [0.3, 0.4) is 0 Å². The molecule has 130 valence electrons. The number of nitrogens with zero attached hydrogens (tertiary/aromatic N) is 4. The van der Waals surface area contributed by atoms with Crippen LogP contribution in [0.1, 0.15) is 47.6 Å². The molecule has 0 bridgehead atoms. The SMILES string of the molecule is CCN(C(=O)c1cc(C)n(C2CCOCC2)c1C)c1cnn(C)c1. The van der Waals surface area contributed by atoms with Gasteiger partial charge in [0.2, 0.25) is 0 Å². The van der Waals surface area contributed by atoms with E-state index in [-0.39, 0.29) is 5.91 Å². The van der Waals surface area contributed by atoms with Crippen LogP contribution >= 0.6 is 0 Å². The van der Waals surface area contributed by atoms with E-state index in [0.717, 1.165) is 48.7 Å². The second-order valence-corrected chi connectivity index (χ2v) is 6.42. The van der Waals surface area contributed by atoms with E-state index in [0.29, 0.717) is 12.6 Å². The number of aryl methyl sites for hydroxylation is 2. The van der Waals surface area contributed by atoms with Gasteiger partial charge in [0.05, 0.1) is 17.4 Å². The molecule has 0 atom stereocenters. The summed E-state index contributed by atoms with van der Waals surface area (Å²) in [7, 11) is 1.86. The van der Waals surface area contributed by atoms with Crippen molar-refractivity contribution in [1.29, 1.82) is 0 Å². The molecule has 2 aromatic rings. The van der Waals surface area contributed by atoms with E-state index in [2.05, 4.69) is 16.6 Å². The molecule has 3 rings (SSSR count). The molecule has 24 heavy (non-hydrogen) atoms. The highest BCUT2D eigenvalue weighted by Gasteiger charge is 2.26. The highest BCUT2D eigenvalue weighted by atomic mass is 16.5. The lowest BCUT2D eigenvalue weighted by molar-refractivity contribution is 0.0687. The molecule has 1 saturated heterocycles. The zero-order valence-corrected chi connectivity index (χ0v) is 15.0. The lowest BCUT2D eigenvalue weighted by Crippen LogP contribution is -2.31. The summed E-state index contributed by atoms with van der Waals surface area (Å²) >= 11 is 0. The van der Waals surface area contributed by atoms with Crippen molar-refractivity contribution in [2.75, 3.05) is 24.7 Å². The molecule has 0 spiro atoms. The molecule has 6 heteroatoms. The van der Waals surface area contributed by atoms with Gasteiger partial charge in [-0.25, -0.2) is 0 Å². The predicted octanol–water partition coefficient (Wildman–Crippen LogP) is 2.86. The largest absolute Gasteiger partial charge is 0.381 e. The fraction of sp³-hybridized carbons (Fsp3) is 0.556. The molecule has 2 aromatic heterocycles. The molecular formula is C18H26N4O2. The maximum atomic E-state index is 13.1. The maximum Gasteiger partial charge on any atom is 0.260 e. The molecule has 0 unspecified atom stereocenters. The average molecular weight is 330 g/mol. The van der Waals surface area contributed by atoms with Gasteiger partial charge < -0.3 is 14.2 Å². The van der Waals surface area contributed by atoms with Crippen LogP contribution in [0.4, 0.5) is 5.69 Å². The molecule has 0 saturated carbocycles. The predicted molar refractivity (Wildman–Crippen MR) is 93.6 cm³/mol. The normalized spacial score (nSPS) is 15.7. The molecule has 0 N–H and O–H groups in total. The van der Waals surface area contributed by atoms with Crippen molar-refractivity contribution in [3.05, 3.63) is 35.4 Å². The van der Waals surface area contributed by atoms with Gasteiger partial charge in [0.1, 0.15) is 0 Å². The van der Waals surface area contributed by atoms with Crippen LogP contribution in [-0.4, -0.2) is 40.0 Å². The summed E-state index contributed by atoms with van der Waals surface area (Å²) < 4.78 is 9.50. The molecule has 1 aliphatic heterocycles. The maximum absolute atomic E-state index is 13.1. The van der Waals surface area contributed by atoms with E-state index >= 15 is 0 Å². The zero-order valence-electron chi connectivity index (χ0n) is 15.0. The molecule has 3 heterocycles. The minimum absolute atomic E-state index is 0.0388. The summed E-state index contributed by atoms with van der Waals surface area (Å²) in [6, 6.07) is 2.44. The first-order valence-electron chi connectivity index (χ1n) is 8.59. The van der Waals surface area contributed by atoms with E-state index in [9.17, 15) is 4.79 Å². The van der Waals surface area contributed by atoms with Crippen LogP contribution in [0.5, 0.6) is 0 Å². The first-order valence-corrected chi connectivity index (χ1v) is 8.59. The van der Waals surface area contributed by atoms with Gasteiger partial charge in [-0.3, -0.25) is 9.48 Å². The van der Waals surface area contributed by atoms with Crippen molar-refractivity contribution in [3.63, 3.8) is 0 Å². The Hall–Kier alpha value is -2.08. The Balaban J connectivity index is 1.92. The van der Waals surface area contributed by atoms with Crippen molar-refractivity contribution in [2.24, 2.45) is 7.05 Å². The third-order valence-corrected chi connectivity index (χ3v) is 4.84. The van der Waals surface area contributed by atoms with Crippen LogP contribution in [0.2, 0.25) is 0 Å². The third kappa shape index (κ3) is 2.98. The van der Waals surface area contributed by atoms with E-state index < -0.39 is 0 Å². The van der Waals surface area contributed by atoms with Gasteiger partial charge in [0.15, 0.2) is 0 Å². The average Bonchev–Trinajstić information content (AvgIpc) is 3.12. The Morgan fingerprint density at radius 2 is 2.08 bits per heavy atom. The third-order valence-electron chi connectivity index (χ3n) is 4.84. The monoisotopic (exact) mass is 330 g/mol. The fourth-order valence-electron chi connectivity index (χ4n) is 3.64. The van der Waals surface area contributed by atoms with Crippen molar-refractivity contribution in [3.8, 4) is 0 Å². The Bertz CT molecular complexity index is 725.